The quantitative estimate of drug-likeness (QED) is 0.167. The fourth-order valence-electron chi connectivity index (χ4n) is 9.46. The highest BCUT2D eigenvalue weighted by molar-refractivity contribution is 6.11. The maximum atomic E-state index is 15.5. The summed E-state index contributed by atoms with van der Waals surface area (Å²) in [6.07, 6.45) is 0. The van der Waals surface area contributed by atoms with Gasteiger partial charge in [0.1, 0.15) is 0 Å². The molecule has 0 heterocycles. The van der Waals surface area contributed by atoms with Crippen LogP contribution in [0.15, 0.2) is 182 Å². The third-order valence-corrected chi connectivity index (χ3v) is 11.4. The molecule has 12 rings (SSSR count). The normalized spacial score (nSPS) is 18.7. The van der Waals surface area contributed by atoms with Crippen molar-refractivity contribution >= 4 is 5.78 Å². The van der Waals surface area contributed by atoms with E-state index in [1.807, 2.05) is 48.5 Å². The van der Waals surface area contributed by atoms with Gasteiger partial charge in [0, 0.05) is 11.1 Å². The lowest BCUT2D eigenvalue weighted by Gasteiger charge is -2.30. The van der Waals surface area contributed by atoms with Crippen LogP contribution in [-0.4, -0.2) is 5.78 Å². The fraction of sp³-hybridized carbons (Fsp3) is 0.0392. The van der Waals surface area contributed by atoms with E-state index in [2.05, 4.69) is 0 Å². The second kappa shape index (κ2) is 9.81. The third-order valence-electron chi connectivity index (χ3n) is 11.4. The molecular weight excluding hydrogens is 629 g/mol. The van der Waals surface area contributed by atoms with Crippen LogP contribution >= 0.6 is 0 Å². The summed E-state index contributed by atoms with van der Waals surface area (Å²) in [6.45, 7) is 0. The summed E-state index contributed by atoms with van der Waals surface area (Å²) >= 11 is 0. The smallest absolute Gasteiger partial charge is 0.193 e. The minimum Gasteiger partial charge on any atom is -0.289 e. The zero-order valence-corrected chi connectivity index (χ0v) is 27.1. The summed E-state index contributed by atoms with van der Waals surface area (Å²) in [5.41, 5.74) is 0.0482. The van der Waals surface area contributed by atoms with E-state index in [1.54, 1.807) is 48.5 Å². The van der Waals surface area contributed by atoms with E-state index in [-0.39, 0.29) is 44.5 Å². The van der Waals surface area contributed by atoms with Crippen molar-refractivity contribution in [2.24, 2.45) is 0 Å². The van der Waals surface area contributed by atoms with Crippen LogP contribution in [0.5, 0.6) is 0 Å². The van der Waals surface area contributed by atoms with Crippen LogP contribution in [0.2, 0.25) is 0 Å². The Bertz CT molecular complexity index is 3360. The van der Waals surface area contributed by atoms with Crippen LogP contribution < -0.4 is 0 Å². The summed E-state index contributed by atoms with van der Waals surface area (Å²) in [5.74, 6) is -1.24. The van der Waals surface area contributed by atoms with E-state index in [4.69, 9.17) is 5.48 Å². The van der Waals surface area contributed by atoms with Crippen molar-refractivity contribution in [2.75, 3.05) is 0 Å². The molecule has 1 heteroatoms. The van der Waals surface area contributed by atoms with Gasteiger partial charge in [-0.1, -0.05) is 170 Å². The van der Waals surface area contributed by atoms with Gasteiger partial charge >= 0.3 is 0 Å². The van der Waals surface area contributed by atoms with Crippen molar-refractivity contribution < 1.29 is 24.0 Å². The van der Waals surface area contributed by atoms with E-state index in [9.17, 15) is 13.7 Å². The number of hydrogen-bond donors (Lipinski definition) is 0. The van der Waals surface area contributed by atoms with Gasteiger partial charge in [-0.05, 0) is 101 Å². The molecule has 4 aliphatic rings. The fourth-order valence-corrected chi connectivity index (χ4v) is 9.46. The maximum Gasteiger partial charge on any atom is 0.193 e. The van der Waals surface area contributed by atoms with E-state index in [1.165, 1.54) is 0 Å². The molecule has 4 aliphatic carbocycles. The lowest BCUT2D eigenvalue weighted by atomic mass is 9.70. The van der Waals surface area contributed by atoms with Crippen molar-refractivity contribution in [3.05, 3.63) is 237 Å². The second-order valence-electron chi connectivity index (χ2n) is 13.5. The molecule has 8 aromatic rings. The number of carbonyl (C=O) groups excluding carboxylic acids is 1. The molecule has 0 atom stereocenters. The Labute approximate surface area is 322 Å². The Morgan fingerprint density at radius 1 is 0.346 bits per heavy atom. The van der Waals surface area contributed by atoms with Crippen LogP contribution in [0.3, 0.4) is 0 Å². The van der Waals surface area contributed by atoms with Crippen molar-refractivity contribution in [3.63, 3.8) is 0 Å². The van der Waals surface area contributed by atoms with Gasteiger partial charge in [0.15, 0.2) is 5.78 Å². The first-order valence-corrected chi connectivity index (χ1v) is 17.0. The Morgan fingerprint density at radius 2 is 0.673 bits per heavy atom. The molecule has 0 aliphatic heterocycles. The Balaban J connectivity index is 1.19. The van der Waals surface area contributed by atoms with Crippen molar-refractivity contribution in [3.8, 4) is 44.5 Å². The zero-order valence-electron chi connectivity index (χ0n) is 41.1. The van der Waals surface area contributed by atoms with Crippen LogP contribution in [0.4, 0.5) is 0 Å². The molecule has 0 fully saturated rings. The molecule has 2 spiro atoms. The lowest BCUT2D eigenvalue weighted by molar-refractivity contribution is 0.103. The monoisotopic (exact) mass is 672 g/mol. The van der Waals surface area contributed by atoms with Gasteiger partial charge in [-0.3, -0.25) is 4.79 Å². The van der Waals surface area contributed by atoms with Crippen molar-refractivity contribution in [1.29, 1.82) is 0 Å². The summed E-state index contributed by atoms with van der Waals surface area (Å²) < 4.78 is 131. The molecular formula is C51H30O. The first-order valence-electron chi connectivity index (χ1n) is 24.0. The van der Waals surface area contributed by atoms with Gasteiger partial charge in [0.2, 0.25) is 0 Å². The van der Waals surface area contributed by atoms with Gasteiger partial charge < -0.3 is 0 Å². The standard InChI is InChI=1S/C51H30O/c52-49(31-25-27-47-39(29-31)37-17-5-11-23-45(37)50(47)41-19-7-1-13-33(41)34-14-2-8-20-42(34)50)32-26-28-48-40(30-32)38-18-6-12-24-46(38)51(48)43-21-9-3-15-35(43)36-16-4-10-22-44(36)51/h1-30H/i5D,6D,11D,12D,17D,18D,23D,24D,25D,26D,27D,28D,29D,30D. The van der Waals surface area contributed by atoms with E-state index >= 15 is 4.79 Å². The molecule has 0 aromatic heterocycles. The third kappa shape index (κ3) is 3.15. The van der Waals surface area contributed by atoms with Crippen LogP contribution in [0, 0.1) is 0 Å². The average molecular weight is 673 g/mol. The number of ketones is 1. The summed E-state index contributed by atoms with van der Waals surface area (Å²) in [7, 11) is 0. The Hall–Kier alpha value is -6.57. The molecule has 0 saturated carbocycles. The van der Waals surface area contributed by atoms with E-state index in [0.29, 0.717) is 22.3 Å². The average Bonchev–Trinajstić information content (AvgIpc) is 4.02. The molecule has 0 bridgehead atoms. The van der Waals surface area contributed by atoms with Gasteiger partial charge in [-0.25, -0.2) is 0 Å². The topological polar surface area (TPSA) is 17.1 Å². The molecule has 240 valence electrons. The lowest BCUT2D eigenvalue weighted by Crippen LogP contribution is -2.26. The Morgan fingerprint density at radius 3 is 1.06 bits per heavy atom. The minimum absolute atomic E-state index is 0.0196. The second-order valence-corrected chi connectivity index (χ2v) is 13.5. The summed E-state index contributed by atoms with van der Waals surface area (Å²) in [4.78, 5) is 15.5. The van der Waals surface area contributed by atoms with Gasteiger partial charge in [-0.2, -0.15) is 0 Å². The van der Waals surface area contributed by atoms with Crippen LogP contribution in [-0.2, 0) is 10.8 Å². The number of carbonyl (C=O) groups is 1. The molecule has 1 nitrogen and oxygen atoms in total. The summed E-state index contributed by atoms with van der Waals surface area (Å²) in [5, 5.41) is 0. The SMILES string of the molecule is [2H]c1c([2H])c([2H])c2c(c1[2H])-c1c([2H])c(C(=O)c3c([2H])c([2H])c4c(c3[2H])-c3c([2H])c([2H])c([2H])c([2H])c3C43c4ccccc4-c4ccccc43)c([2H])c([2H])c1C21c2ccccc2-c2ccccc21. The minimum atomic E-state index is -1.61. The van der Waals surface area contributed by atoms with Crippen LogP contribution in [0.25, 0.3) is 44.5 Å². The number of hydrogen-bond acceptors (Lipinski definition) is 1. The van der Waals surface area contributed by atoms with Gasteiger partial charge in [-0.15, -0.1) is 0 Å². The van der Waals surface area contributed by atoms with Crippen molar-refractivity contribution in [1.82, 2.24) is 0 Å². The highest BCUT2D eigenvalue weighted by Gasteiger charge is 2.53. The largest absolute Gasteiger partial charge is 0.289 e. The van der Waals surface area contributed by atoms with Crippen LogP contribution in [0.1, 0.15) is 79.6 Å². The van der Waals surface area contributed by atoms with Crippen molar-refractivity contribution in [2.45, 2.75) is 10.8 Å². The maximum absolute atomic E-state index is 15.5. The predicted octanol–water partition coefficient (Wildman–Crippen LogP) is 11.6. The molecule has 0 radical (unpaired) electrons. The molecule has 0 N–H and O–H groups in total. The first kappa shape index (κ1) is 18.1. The van der Waals surface area contributed by atoms with Gasteiger partial charge in [0.25, 0.3) is 0 Å². The first-order chi connectivity index (χ1) is 31.6. The highest BCUT2D eigenvalue weighted by Crippen LogP contribution is 2.64. The molecule has 8 aromatic carbocycles. The molecule has 0 amide bonds. The zero-order chi connectivity index (χ0) is 46.4. The number of fused-ring (bicyclic) bond motifs is 20. The Kier molecular flexibility index (Phi) is 3.41. The molecule has 0 saturated heterocycles. The van der Waals surface area contributed by atoms with E-state index < -0.39 is 112 Å². The molecule has 0 unspecified atom stereocenters. The van der Waals surface area contributed by atoms with Gasteiger partial charge in [0.05, 0.1) is 30.0 Å². The number of benzene rings is 8. The highest BCUT2D eigenvalue weighted by atomic mass is 16.1. The summed E-state index contributed by atoms with van der Waals surface area (Å²) in [6, 6.07) is 20.9. The predicted molar refractivity (Wildman–Crippen MR) is 209 cm³/mol. The number of rotatable bonds is 2. The molecule has 52 heavy (non-hydrogen) atoms. The van der Waals surface area contributed by atoms with E-state index in [0.717, 1.165) is 22.3 Å².